The van der Waals surface area contributed by atoms with Crippen molar-refractivity contribution in [2.24, 2.45) is 11.8 Å². The molecule has 0 bridgehead atoms. The Kier molecular flexibility index (Phi) is 3.84. The van der Waals surface area contributed by atoms with Crippen LogP contribution in [-0.4, -0.2) is 49.1 Å². The first-order valence-corrected chi connectivity index (χ1v) is 6.50. The molecule has 2 aliphatic rings. The fraction of sp³-hybridized carbons (Fsp3) is 0.769. The van der Waals surface area contributed by atoms with Crippen LogP contribution in [0.4, 0.5) is 0 Å². The number of fused-ring (bicyclic) bond motifs is 1. The fourth-order valence-corrected chi connectivity index (χ4v) is 3.18. The van der Waals surface area contributed by atoms with Crippen molar-refractivity contribution in [1.29, 1.82) is 0 Å². The van der Waals surface area contributed by atoms with E-state index in [0.29, 0.717) is 18.5 Å². The van der Waals surface area contributed by atoms with Crippen LogP contribution >= 0.6 is 0 Å². The maximum Gasteiger partial charge on any atom is 0.237 e. The number of hydrogen-bond donors (Lipinski definition) is 2. The molecule has 1 amide bonds. The van der Waals surface area contributed by atoms with Crippen LogP contribution in [0, 0.1) is 11.8 Å². The molecule has 4 nitrogen and oxygen atoms in total. The lowest BCUT2D eigenvalue weighted by molar-refractivity contribution is -0.126. The predicted octanol–water partition coefficient (Wildman–Crippen LogP) is 0.217. The van der Waals surface area contributed by atoms with Crippen LogP contribution in [0.2, 0.25) is 0 Å². The largest absolute Gasteiger partial charge is 0.351 e. The highest BCUT2D eigenvalue weighted by molar-refractivity contribution is 5.81. The molecule has 2 saturated heterocycles. The molecule has 2 rings (SSSR count). The van der Waals surface area contributed by atoms with Gasteiger partial charge in [0.1, 0.15) is 0 Å². The topological polar surface area (TPSA) is 44.4 Å². The van der Waals surface area contributed by atoms with Crippen molar-refractivity contribution in [3.8, 4) is 0 Å². The zero-order chi connectivity index (χ0) is 12.4. The van der Waals surface area contributed by atoms with Crippen molar-refractivity contribution in [2.75, 3.05) is 26.2 Å². The maximum absolute atomic E-state index is 11.9. The molecule has 0 radical (unpaired) electrons. The van der Waals surface area contributed by atoms with Gasteiger partial charge in [-0.3, -0.25) is 9.69 Å². The summed E-state index contributed by atoms with van der Waals surface area (Å²) in [6.45, 7) is 11.7. The van der Waals surface area contributed by atoms with Crippen molar-refractivity contribution in [2.45, 2.75) is 25.9 Å². The summed E-state index contributed by atoms with van der Waals surface area (Å²) in [5.74, 6) is 1.55. The summed E-state index contributed by atoms with van der Waals surface area (Å²) in [5.41, 5.74) is 0. The standard InChI is InChI=1S/C13H23N3O/c1-4-5-15-13(17)10(3)16-8-11-6-14-7-12(11)9(16)2/h4,9-12,14H,1,5-8H2,2-3H3,(H,15,17). The van der Waals surface area contributed by atoms with E-state index in [1.54, 1.807) is 6.08 Å². The van der Waals surface area contributed by atoms with Crippen LogP contribution in [0.15, 0.2) is 12.7 Å². The lowest BCUT2D eigenvalue weighted by Crippen LogP contribution is -2.48. The van der Waals surface area contributed by atoms with Crippen LogP contribution in [0.25, 0.3) is 0 Å². The lowest BCUT2D eigenvalue weighted by Gasteiger charge is -2.29. The molecule has 0 aromatic rings. The molecule has 2 aliphatic heterocycles. The number of nitrogens with one attached hydrogen (secondary N) is 2. The third-order valence-corrected chi connectivity index (χ3v) is 4.28. The van der Waals surface area contributed by atoms with Gasteiger partial charge in [0.25, 0.3) is 0 Å². The van der Waals surface area contributed by atoms with Crippen LogP contribution in [0.5, 0.6) is 0 Å². The highest BCUT2D eigenvalue weighted by Gasteiger charge is 2.44. The number of nitrogens with zero attached hydrogens (tertiary/aromatic N) is 1. The van der Waals surface area contributed by atoms with E-state index in [1.807, 2.05) is 6.92 Å². The van der Waals surface area contributed by atoms with Crippen molar-refractivity contribution < 1.29 is 4.79 Å². The molecule has 0 aromatic heterocycles. The molecule has 4 heteroatoms. The second kappa shape index (κ2) is 5.19. The number of amides is 1. The molecule has 4 atom stereocenters. The van der Waals surface area contributed by atoms with Crippen LogP contribution < -0.4 is 10.6 Å². The lowest BCUT2D eigenvalue weighted by atomic mass is 9.95. The summed E-state index contributed by atoms with van der Waals surface area (Å²) >= 11 is 0. The molecule has 17 heavy (non-hydrogen) atoms. The van der Waals surface area contributed by atoms with Gasteiger partial charge in [0, 0.05) is 19.1 Å². The number of rotatable bonds is 4. The fourth-order valence-electron chi connectivity index (χ4n) is 3.18. The number of carbonyl (C=O) groups is 1. The van der Waals surface area contributed by atoms with E-state index in [-0.39, 0.29) is 11.9 Å². The molecule has 0 saturated carbocycles. The minimum absolute atomic E-state index is 0.0319. The third kappa shape index (κ3) is 2.38. The minimum Gasteiger partial charge on any atom is -0.351 e. The van der Waals surface area contributed by atoms with E-state index < -0.39 is 0 Å². The number of carbonyl (C=O) groups excluding carboxylic acids is 1. The van der Waals surface area contributed by atoms with Crippen molar-refractivity contribution in [1.82, 2.24) is 15.5 Å². The molecule has 4 unspecified atom stereocenters. The summed E-state index contributed by atoms with van der Waals surface area (Å²) in [7, 11) is 0. The van der Waals surface area contributed by atoms with Crippen molar-refractivity contribution >= 4 is 5.91 Å². The van der Waals surface area contributed by atoms with Crippen molar-refractivity contribution in [3.05, 3.63) is 12.7 Å². The second-order valence-corrected chi connectivity index (χ2v) is 5.23. The molecule has 0 spiro atoms. The monoisotopic (exact) mass is 237 g/mol. The van der Waals surface area contributed by atoms with Gasteiger partial charge < -0.3 is 10.6 Å². The Hall–Kier alpha value is -0.870. The van der Waals surface area contributed by atoms with Crippen LogP contribution in [-0.2, 0) is 4.79 Å². The molecule has 0 aliphatic carbocycles. The van der Waals surface area contributed by atoms with Gasteiger partial charge in [0.2, 0.25) is 5.91 Å². The number of hydrogen-bond acceptors (Lipinski definition) is 3. The highest BCUT2D eigenvalue weighted by atomic mass is 16.2. The first-order valence-electron chi connectivity index (χ1n) is 6.50. The zero-order valence-corrected chi connectivity index (χ0v) is 10.8. The SMILES string of the molecule is C=CCNC(=O)C(C)N1CC2CNCC2C1C. The quantitative estimate of drug-likeness (QED) is 0.687. The summed E-state index contributed by atoms with van der Waals surface area (Å²) in [4.78, 5) is 14.3. The molecule has 2 fully saturated rings. The van der Waals surface area contributed by atoms with E-state index in [2.05, 4.69) is 29.0 Å². The first kappa shape index (κ1) is 12.6. The average Bonchev–Trinajstić information content (AvgIpc) is 2.89. The minimum atomic E-state index is -0.0319. The van der Waals surface area contributed by atoms with Crippen LogP contribution in [0.3, 0.4) is 0 Å². The third-order valence-electron chi connectivity index (χ3n) is 4.28. The molecule has 0 aromatic carbocycles. The van der Waals surface area contributed by atoms with Crippen molar-refractivity contribution in [3.63, 3.8) is 0 Å². The van der Waals surface area contributed by atoms with Gasteiger partial charge in [-0.15, -0.1) is 6.58 Å². The smallest absolute Gasteiger partial charge is 0.237 e. The van der Waals surface area contributed by atoms with Gasteiger partial charge in [0.15, 0.2) is 0 Å². The number of likely N-dealkylation sites (tertiary alicyclic amines) is 1. The summed E-state index contributed by atoms with van der Waals surface area (Å²) in [5, 5.41) is 6.32. The Bertz CT molecular complexity index is 305. The average molecular weight is 237 g/mol. The Labute approximate surface area is 103 Å². The highest BCUT2D eigenvalue weighted by Crippen LogP contribution is 2.33. The molecule has 2 N–H and O–H groups in total. The van der Waals surface area contributed by atoms with E-state index in [0.717, 1.165) is 25.6 Å². The molecule has 96 valence electrons. The Morgan fingerprint density at radius 2 is 2.41 bits per heavy atom. The Balaban J connectivity index is 1.94. The molecular formula is C13H23N3O. The van der Waals surface area contributed by atoms with Gasteiger partial charge in [-0.25, -0.2) is 0 Å². The maximum atomic E-state index is 11.9. The molecule has 2 heterocycles. The Morgan fingerprint density at radius 1 is 1.65 bits per heavy atom. The second-order valence-electron chi connectivity index (χ2n) is 5.23. The first-order chi connectivity index (χ1) is 8.15. The van der Waals surface area contributed by atoms with E-state index in [4.69, 9.17) is 0 Å². The summed E-state index contributed by atoms with van der Waals surface area (Å²) < 4.78 is 0. The summed E-state index contributed by atoms with van der Waals surface area (Å²) in [6, 6.07) is 0.468. The van der Waals surface area contributed by atoms with E-state index in [9.17, 15) is 4.79 Å². The van der Waals surface area contributed by atoms with Gasteiger partial charge in [-0.1, -0.05) is 6.08 Å². The van der Waals surface area contributed by atoms with E-state index in [1.165, 1.54) is 0 Å². The van der Waals surface area contributed by atoms with Gasteiger partial charge in [0.05, 0.1) is 6.04 Å². The Morgan fingerprint density at radius 3 is 3.06 bits per heavy atom. The summed E-state index contributed by atoms with van der Waals surface area (Å²) in [6.07, 6.45) is 1.72. The van der Waals surface area contributed by atoms with Crippen LogP contribution in [0.1, 0.15) is 13.8 Å². The molecular weight excluding hydrogens is 214 g/mol. The van der Waals surface area contributed by atoms with Gasteiger partial charge in [-0.05, 0) is 38.8 Å². The zero-order valence-electron chi connectivity index (χ0n) is 10.8. The predicted molar refractivity (Wildman–Crippen MR) is 68.7 cm³/mol. The van der Waals surface area contributed by atoms with E-state index >= 15 is 0 Å². The normalized spacial score (nSPS) is 34.4. The van der Waals surface area contributed by atoms with Gasteiger partial charge in [-0.2, -0.15) is 0 Å². The van der Waals surface area contributed by atoms with Gasteiger partial charge >= 0.3 is 0 Å².